The van der Waals surface area contributed by atoms with Crippen LogP contribution < -0.4 is 4.57 Å². The van der Waals surface area contributed by atoms with Crippen molar-refractivity contribution in [3.8, 4) is 17.3 Å². The van der Waals surface area contributed by atoms with E-state index >= 15 is 0 Å². The summed E-state index contributed by atoms with van der Waals surface area (Å²) in [4.78, 5) is 0. The summed E-state index contributed by atoms with van der Waals surface area (Å²) >= 11 is 0. The van der Waals surface area contributed by atoms with Gasteiger partial charge in [-0.3, -0.25) is 0 Å². The topological polar surface area (TPSA) is 40.8 Å². The molecule has 116 valence electrons. The summed E-state index contributed by atoms with van der Waals surface area (Å²) in [6.45, 7) is 1.75. The van der Waals surface area contributed by atoms with E-state index in [1.54, 1.807) is 19.1 Å². The number of fused-ring (bicyclic) bond motifs is 3. The van der Waals surface area contributed by atoms with E-state index in [-0.39, 0.29) is 11.4 Å². The van der Waals surface area contributed by atoms with Crippen LogP contribution in [0.2, 0.25) is 0 Å². The molecule has 0 aliphatic heterocycles. The summed E-state index contributed by atoms with van der Waals surface area (Å²) in [6.07, 6.45) is 1.93. The van der Waals surface area contributed by atoms with Gasteiger partial charge in [-0.05, 0) is 25.1 Å². The Bertz CT molecular complexity index is 1150. The smallest absolute Gasteiger partial charge is 0.212 e. The molecule has 4 rings (SSSR count). The minimum Gasteiger partial charge on any atom is -0.452 e. The largest absolute Gasteiger partial charge is 0.452 e. The number of pyridine rings is 1. The molecule has 0 aliphatic carbocycles. The molecule has 0 bridgehead atoms. The Morgan fingerprint density at radius 2 is 1.92 bits per heavy atom. The quantitative estimate of drug-likeness (QED) is 0.488. The van der Waals surface area contributed by atoms with Crippen LogP contribution in [0.5, 0.6) is 0 Å². The van der Waals surface area contributed by atoms with E-state index in [1.807, 2.05) is 48.1 Å². The first kappa shape index (κ1) is 14.4. The predicted molar refractivity (Wildman–Crippen MR) is 89.7 cm³/mol. The zero-order valence-corrected chi connectivity index (χ0v) is 13.3. The van der Waals surface area contributed by atoms with Crippen LogP contribution in [0.15, 0.2) is 53.1 Å². The summed E-state index contributed by atoms with van der Waals surface area (Å²) in [7, 11) is 1.93. The molecule has 0 atom stereocenters. The molecule has 0 spiro atoms. The van der Waals surface area contributed by atoms with Gasteiger partial charge in [-0.2, -0.15) is 5.26 Å². The van der Waals surface area contributed by atoms with Crippen LogP contribution in [0.3, 0.4) is 0 Å². The Balaban J connectivity index is 2.16. The number of hydrogen-bond donors (Lipinski definition) is 0. The maximum absolute atomic E-state index is 15.0. The van der Waals surface area contributed by atoms with Crippen molar-refractivity contribution in [3.05, 3.63) is 65.6 Å². The number of rotatable bonds is 1. The highest BCUT2D eigenvalue weighted by atomic mass is 19.1. The molecule has 0 aliphatic rings. The van der Waals surface area contributed by atoms with Crippen LogP contribution in [0, 0.1) is 24.1 Å². The van der Waals surface area contributed by atoms with Crippen LogP contribution in [-0.2, 0) is 7.05 Å². The number of hydrogen-bond acceptors (Lipinski definition) is 2. The Hall–Kier alpha value is -3.19. The Labute approximate surface area is 138 Å². The number of para-hydroxylation sites is 1. The third-order valence-electron chi connectivity index (χ3n) is 4.43. The number of aryl methyl sites for hydroxylation is 1. The number of halogens is 1. The van der Waals surface area contributed by atoms with E-state index in [0.717, 1.165) is 16.6 Å². The number of benzene rings is 2. The van der Waals surface area contributed by atoms with Crippen molar-refractivity contribution in [1.29, 1.82) is 5.26 Å². The van der Waals surface area contributed by atoms with Crippen molar-refractivity contribution in [1.82, 2.24) is 0 Å². The summed E-state index contributed by atoms with van der Waals surface area (Å²) < 4.78 is 22.6. The molecule has 0 amide bonds. The second kappa shape index (κ2) is 5.17. The zero-order valence-electron chi connectivity index (χ0n) is 13.3. The molecule has 2 heterocycles. The molecule has 4 aromatic rings. The number of furan rings is 1. The third kappa shape index (κ3) is 1.92. The lowest BCUT2D eigenvalue weighted by atomic mass is 10.00. The van der Waals surface area contributed by atoms with Crippen molar-refractivity contribution in [2.24, 2.45) is 7.05 Å². The standard InChI is InChI=1S/C20H14FN2O/c1-12-15(17-8-3-4-9-23(17)2)10-16-14-7-5-6-13(11-22)19(14)24-20(16)18(12)21/h3-10H,1-2H3/q+1. The van der Waals surface area contributed by atoms with Crippen LogP contribution >= 0.6 is 0 Å². The van der Waals surface area contributed by atoms with Gasteiger partial charge in [0.1, 0.15) is 13.1 Å². The van der Waals surface area contributed by atoms with Gasteiger partial charge in [0, 0.05) is 28.5 Å². The van der Waals surface area contributed by atoms with Crippen molar-refractivity contribution in [2.75, 3.05) is 0 Å². The first-order valence-corrected chi connectivity index (χ1v) is 7.61. The van der Waals surface area contributed by atoms with E-state index in [0.29, 0.717) is 22.1 Å². The number of nitriles is 1. The molecular formula is C20H14FN2O+. The zero-order chi connectivity index (χ0) is 16.8. The number of nitrogens with zero attached hydrogens (tertiary/aromatic N) is 2. The average molecular weight is 317 g/mol. The molecule has 0 fully saturated rings. The second-order valence-corrected chi connectivity index (χ2v) is 5.83. The summed E-state index contributed by atoms with van der Waals surface area (Å²) in [5.74, 6) is -0.383. The molecule has 0 saturated heterocycles. The molecular weight excluding hydrogens is 303 g/mol. The maximum atomic E-state index is 15.0. The minimum absolute atomic E-state index is 0.201. The molecule has 4 heteroatoms. The molecule has 0 N–H and O–H groups in total. The highest BCUT2D eigenvalue weighted by Crippen LogP contribution is 2.37. The van der Waals surface area contributed by atoms with Gasteiger partial charge >= 0.3 is 0 Å². The van der Waals surface area contributed by atoms with Crippen LogP contribution in [0.4, 0.5) is 4.39 Å². The minimum atomic E-state index is -0.383. The van der Waals surface area contributed by atoms with Gasteiger partial charge in [-0.25, -0.2) is 8.96 Å². The lowest BCUT2D eigenvalue weighted by molar-refractivity contribution is -0.660. The molecule has 3 nitrogen and oxygen atoms in total. The van der Waals surface area contributed by atoms with Crippen molar-refractivity contribution in [3.63, 3.8) is 0 Å². The van der Waals surface area contributed by atoms with Crippen LogP contribution in [0.25, 0.3) is 33.2 Å². The maximum Gasteiger partial charge on any atom is 0.212 e. The van der Waals surface area contributed by atoms with Gasteiger partial charge in [-0.1, -0.05) is 12.1 Å². The predicted octanol–water partition coefficient (Wildman–Crippen LogP) is 4.40. The van der Waals surface area contributed by atoms with Gasteiger partial charge in [-0.15, -0.1) is 0 Å². The summed E-state index contributed by atoms with van der Waals surface area (Å²) in [5.41, 5.74) is 3.31. The lowest BCUT2D eigenvalue weighted by Crippen LogP contribution is -2.30. The highest BCUT2D eigenvalue weighted by Gasteiger charge is 2.21. The van der Waals surface area contributed by atoms with E-state index in [9.17, 15) is 9.65 Å². The highest BCUT2D eigenvalue weighted by molar-refractivity contribution is 6.08. The first-order chi connectivity index (χ1) is 11.6. The molecule has 2 aromatic heterocycles. The molecule has 0 saturated carbocycles. The Morgan fingerprint density at radius 3 is 2.67 bits per heavy atom. The fourth-order valence-electron chi connectivity index (χ4n) is 3.14. The molecule has 0 radical (unpaired) electrons. The lowest BCUT2D eigenvalue weighted by Gasteiger charge is -2.06. The van der Waals surface area contributed by atoms with E-state index in [4.69, 9.17) is 4.42 Å². The van der Waals surface area contributed by atoms with Crippen LogP contribution in [-0.4, -0.2) is 0 Å². The first-order valence-electron chi connectivity index (χ1n) is 7.61. The third-order valence-corrected chi connectivity index (χ3v) is 4.43. The monoisotopic (exact) mass is 317 g/mol. The Morgan fingerprint density at radius 1 is 1.08 bits per heavy atom. The van der Waals surface area contributed by atoms with Gasteiger partial charge in [0.25, 0.3) is 0 Å². The normalized spacial score (nSPS) is 11.1. The van der Waals surface area contributed by atoms with Gasteiger partial charge < -0.3 is 4.42 Å². The molecule has 2 aromatic carbocycles. The van der Waals surface area contributed by atoms with Crippen LogP contribution in [0.1, 0.15) is 11.1 Å². The van der Waals surface area contributed by atoms with Crippen molar-refractivity contribution in [2.45, 2.75) is 6.92 Å². The Kier molecular flexibility index (Phi) is 3.10. The van der Waals surface area contributed by atoms with E-state index < -0.39 is 0 Å². The van der Waals surface area contributed by atoms with Crippen molar-refractivity contribution < 1.29 is 13.4 Å². The van der Waals surface area contributed by atoms with Crippen molar-refractivity contribution >= 4 is 21.9 Å². The summed E-state index contributed by atoms with van der Waals surface area (Å²) in [6, 6.07) is 15.2. The number of aromatic nitrogens is 1. The molecule has 0 unspecified atom stereocenters. The SMILES string of the molecule is Cc1c(-c2cccc[n+]2C)cc2c(oc3c(C#N)cccc32)c1F. The van der Waals surface area contributed by atoms with Gasteiger partial charge in [0.2, 0.25) is 5.69 Å². The second-order valence-electron chi connectivity index (χ2n) is 5.83. The van der Waals surface area contributed by atoms with E-state index in [2.05, 4.69) is 6.07 Å². The summed E-state index contributed by atoms with van der Waals surface area (Å²) in [5, 5.41) is 10.7. The average Bonchev–Trinajstić information content (AvgIpc) is 2.97. The van der Waals surface area contributed by atoms with E-state index in [1.165, 1.54) is 0 Å². The fraction of sp³-hybridized carbons (Fsp3) is 0.100. The van der Waals surface area contributed by atoms with Gasteiger partial charge in [0.15, 0.2) is 23.2 Å². The fourth-order valence-corrected chi connectivity index (χ4v) is 3.14. The molecule has 24 heavy (non-hydrogen) atoms. The van der Waals surface area contributed by atoms with Gasteiger partial charge in [0.05, 0.1) is 11.1 Å².